The van der Waals surface area contributed by atoms with E-state index in [1.807, 2.05) is 26.0 Å². The van der Waals surface area contributed by atoms with Crippen LogP contribution in [0.2, 0.25) is 0 Å². The first-order valence-electron chi connectivity index (χ1n) is 5.40. The summed E-state index contributed by atoms with van der Waals surface area (Å²) in [6.45, 7) is 4.05. The highest BCUT2D eigenvalue weighted by Crippen LogP contribution is 2.15. The van der Waals surface area contributed by atoms with Gasteiger partial charge in [0, 0.05) is 6.20 Å². The molecule has 2 aromatic rings. The first-order chi connectivity index (χ1) is 8.06. The molecule has 17 heavy (non-hydrogen) atoms. The molecule has 88 valence electrons. The summed E-state index contributed by atoms with van der Waals surface area (Å²) in [5.41, 5.74) is 3.86. The number of carboxylic acid groups (broad SMARTS) is 1. The Morgan fingerprint density at radius 2 is 2.12 bits per heavy atom. The third-order valence-corrected chi connectivity index (χ3v) is 2.58. The van der Waals surface area contributed by atoms with Crippen molar-refractivity contribution in [2.24, 2.45) is 0 Å². The van der Waals surface area contributed by atoms with E-state index < -0.39 is 5.97 Å². The molecule has 0 spiro atoms. The molecule has 0 atom stereocenters. The lowest BCUT2D eigenvalue weighted by Gasteiger charge is -2.06. The highest BCUT2D eigenvalue weighted by molar-refractivity contribution is 5.69. The second kappa shape index (κ2) is 4.41. The van der Waals surface area contributed by atoms with Crippen molar-refractivity contribution in [1.29, 1.82) is 0 Å². The summed E-state index contributed by atoms with van der Waals surface area (Å²) in [4.78, 5) is 10.6. The van der Waals surface area contributed by atoms with Gasteiger partial charge in [-0.15, -0.1) is 0 Å². The first-order valence-corrected chi connectivity index (χ1v) is 5.40. The van der Waals surface area contributed by atoms with Crippen molar-refractivity contribution < 1.29 is 9.90 Å². The van der Waals surface area contributed by atoms with E-state index in [-0.39, 0.29) is 6.42 Å². The summed E-state index contributed by atoms with van der Waals surface area (Å²) in [5.74, 6) is -0.865. The van der Waals surface area contributed by atoms with Crippen LogP contribution in [-0.4, -0.2) is 20.9 Å². The van der Waals surface area contributed by atoms with Crippen molar-refractivity contribution in [1.82, 2.24) is 9.78 Å². The van der Waals surface area contributed by atoms with Crippen LogP contribution in [0, 0.1) is 13.8 Å². The Bertz CT molecular complexity index is 558. The predicted molar refractivity (Wildman–Crippen MR) is 64.4 cm³/mol. The SMILES string of the molecule is Cc1ccc(-n2ccc(CC(=O)O)n2)c(C)c1. The maximum absolute atomic E-state index is 10.6. The van der Waals surface area contributed by atoms with Gasteiger partial charge in [-0.1, -0.05) is 17.7 Å². The molecule has 0 saturated heterocycles. The fourth-order valence-electron chi connectivity index (χ4n) is 1.81. The summed E-state index contributed by atoms with van der Waals surface area (Å²) in [6, 6.07) is 7.81. The molecular formula is C13H14N2O2. The summed E-state index contributed by atoms with van der Waals surface area (Å²) in [7, 11) is 0. The Morgan fingerprint density at radius 3 is 2.76 bits per heavy atom. The molecule has 0 bridgehead atoms. The molecule has 0 radical (unpaired) electrons. The molecule has 0 aliphatic carbocycles. The van der Waals surface area contributed by atoms with E-state index in [0.717, 1.165) is 11.3 Å². The van der Waals surface area contributed by atoms with Crippen LogP contribution in [0.15, 0.2) is 30.5 Å². The molecule has 4 heteroatoms. The van der Waals surface area contributed by atoms with Gasteiger partial charge in [0.2, 0.25) is 0 Å². The lowest BCUT2D eigenvalue weighted by Crippen LogP contribution is -2.03. The van der Waals surface area contributed by atoms with Crippen LogP contribution < -0.4 is 0 Å². The van der Waals surface area contributed by atoms with Crippen LogP contribution in [0.3, 0.4) is 0 Å². The highest BCUT2D eigenvalue weighted by atomic mass is 16.4. The maximum atomic E-state index is 10.6. The van der Waals surface area contributed by atoms with Crippen LogP contribution in [0.1, 0.15) is 16.8 Å². The van der Waals surface area contributed by atoms with Crippen LogP contribution in [-0.2, 0) is 11.2 Å². The molecular weight excluding hydrogens is 216 g/mol. The summed E-state index contributed by atoms with van der Waals surface area (Å²) in [5, 5.41) is 12.9. The van der Waals surface area contributed by atoms with Gasteiger partial charge in [0.15, 0.2) is 0 Å². The van der Waals surface area contributed by atoms with E-state index >= 15 is 0 Å². The summed E-state index contributed by atoms with van der Waals surface area (Å²) in [6.07, 6.45) is 1.74. The number of rotatable bonds is 3. The van der Waals surface area contributed by atoms with Crippen molar-refractivity contribution in [2.75, 3.05) is 0 Å². The standard InChI is InChI=1S/C13H14N2O2/c1-9-3-4-12(10(2)7-9)15-6-5-11(14-15)8-13(16)17/h3-7H,8H2,1-2H3,(H,16,17). The van der Waals surface area contributed by atoms with Crippen molar-refractivity contribution >= 4 is 5.97 Å². The molecule has 0 aliphatic heterocycles. The minimum Gasteiger partial charge on any atom is -0.481 e. The molecule has 0 saturated carbocycles. The summed E-state index contributed by atoms with van der Waals surface area (Å²) < 4.78 is 1.72. The number of hydrogen-bond acceptors (Lipinski definition) is 2. The van der Waals surface area contributed by atoms with E-state index in [9.17, 15) is 4.79 Å². The third-order valence-electron chi connectivity index (χ3n) is 2.58. The lowest BCUT2D eigenvalue weighted by atomic mass is 10.1. The monoisotopic (exact) mass is 230 g/mol. The predicted octanol–water partition coefficient (Wildman–Crippen LogP) is 2.12. The molecule has 0 fully saturated rings. The molecule has 1 aromatic heterocycles. The van der Waals surface area contributed by atoms with Crippen molar-refractivity contribution in [3.8, 4) is 5.69 Å². The Hall–Kier alpha value is -2.10. The minimum absolute atomic E-state index is 0.0437. The molecule has 0 amide bonds. The largest absolute Gasteiger partial charge is 0.481 e. The van der Waals surface area contributed by atoms with E-state index in [1.54, 1.807) is 16.9 Å². The van der Waals surface area contributed by atoms with Gasteiger partial charge < -0.3 is 5.11 Å². The van der Waals surface area contributed by atoms with E-state index in [1.165, 1.54) is 5.56 Å². The summed E-state index contributed by atoms with van der Waals surface area (Å²) >= 11 is 0. The Balaban J connectivity index is 2.33. The molecule has 2 rings (SSSR count). The molecule has 1 aromatic carbocycles. The fourth-order valence-corrected chi connectivity index (χ4v) is 1.81. The van der Waals surface area contributed by atoms with E-state index in [4.69, 9.17) is 5.11 Å². The second-order valence-electron chi connectivity index (χ2n) is 4.11. The fraction of sp³-hybridized carbons (Fsp3) is 0.231. The topological polar surface area (TPSA) is 55.1 Å². The van der Waals surface area contributed by atoms with Crippen LogP contribution in [0.25, 0.3) is 5.69 Å². The van der Waals surface area contributed by atoms with Gasteiger partial charge >= 0.3 is 5.97 Å². The lowest BCUT2D eigenvalue weighted by molar-refractivity contribution is -0.136. The minimum atomic E-state index is -0.865. The van der Waals surface area contributed by atoms with E-state index in [0.29, 0.717) is 5.69 Å². The quantitative estimate of drug-likeness (QED) is 0.878. The van der Waals surface area contributed by atoms with E-state index in [2.05, 4.69) is 11.2 Å². The molecule has 4 nitrogen and oxygen atoms in total. The van der Waals surface area contributed by atoms with Crippen LogP contribution in [0.4, 0.5) is 0 Å². The van der Waals surface area contributed by atoms with Gasteiger partial charge in [0.1, 0.15) is 0 Å². The second-order valence-corrected chi connectivity index (χ2v) is 4.11. The number of carbonyl (C=O) groups is 1. The zero-order valence-corrected chi connectivity index (χ0v) is 9.84. The molecule has 0 aliphatic rings. The Morgan fingerprint density at radius 1 is 1.35 bits per heavy atom. The number of aliphatic carboxylic acids is 1. The van der Waals surface area contributed by atoms with Crippen molar-refractivity contribution in [3.63, 3.8) is 0 Å². The van der Waals surface area contributed by atoms with Gasteiger partial charge in [-0.25, -0.2) is 4.68 Å². The van der Waals surface area contributed by atoms with Gasteiger partial charge in [0.25, 0.3) is 0 Å². The van der Waals surface area contributed by atoms with Crippen molar-refractivity contribution in [2.45, 2.75) is 20.3 Å². The number of aryl methyl sites for hydroxylation is 2. The zero-order valence-electron chi connectivity index (χ0n) is 9.84. The molecule has 1 heterocycles. The Labute approximate surface area is 99.5 Å². The number of aromatic nitrogens is 2. The van der Waals surface area contributed by atoms with Crippen molar-refractivity contribution in [3.05, 3.63) is 47.3 Å². The maximum Gasteiger partial charge on any atom is 0.309 e. The van der Waals surface area contributed by atoms with Gasteiger partial charge in [-0.05, 0) is 31.5 Å². The highest BCUT2D eigenvalue weighted by Gasteiger charge is 2.06. The number of carboxylic acids is 1. The third kappa shape index (κ3) is 2.53. The van der Waals surface area contributed by atoms with Gasteiger partial charge in [0.05, 0.1) is 17.8 Å². The van der Waals surface area contributed by atoms with Crippen LogP contribution >= 0.6 is 0 Å². The molecule has 1 N–H and O–H groups in total. The number of benzene rings is 1. The number of nitrogens with zero attached hydrogens (tertiary/aromatic N) is 2. The molecule has 0 unspecified atom stereocenters. The Kier molecular flexibility index (Phi) is 2.95. The van der Waals surface area contributed by atoms with Gasteiger partial charge in [-0.3, -0.25) is 4.79 Å². The number of hydrogen-bond donors (Lipinski definition) is 1. The first kappa shape index (κ1) is 11.4. The smallest absolute Gasteiger partial charge is 0.309 e. The van der Waals surface area contributed by atoms with Crippen LogP contribution in [0.5, 0.6) is 0 Å². The zero-order chi connectivity index (χ0) is 12.4. The average molecular weight is 230 g/mol. The average Bonchev–Trinajstić information content (AvgIpc) is 2.65. The normalized spacial score (nSPS) is 10.5. The van der Waals surface area contributed by atoms with Gasteiger partial charge in [-0.2, -0.15) is 5.10 Å².